The van der Waals surface area contributed by atoms with Crippen LogP contribution in [0.2, 0.25) is 0 Å². The van der Waals surface area contributed by atoms with E-state index in [1.807, 2.05) is 6.07 Å². The van der Waals surface area contributed by atoms with Crippen LogP contribution in [0, 0.1) is 5.92 Å². The van der Waals surface area contributed by atoms with Crippen molar-refractivity contribution < 1.29 is 8.42 Å². The minimum absolute atomic E-state index is 0.255. The largest absolute Gasteiger partial charge is 0.328 e. The zero-order chi connectivity index (χ0) is 21.3. The summed E-state index contributed by atoms with van der Waals surface area (Å²) in [7, 11) is -0.423. The van der Waals surface area contributed by atoms with Gasteiger partial charge < -0.3 is 4.57 Å². The summed E-state index contributed by atoms with van der Waals surface area (Å²) in [6.45, 7) is 2.82. The van der Waals surface area contributed by atoms with E-state index in [0.29, 0.717) is 11.3 Å². The second-order valence-electron chi connectivity index (χ2n) is 7.92. The van der Waals surface area contributed by atoms with E-state index in [1.54, 1.807) is 23.9 Å². The Kier molecular flexibility index (Phi) is 6.17. The smallest absolute Gasteiger partial charge is 0.242 e. The van der Waals surface area contributed by atoms with Gasteiger partial charge in [0.2, 0.25) is 15.2 Å². The third kappa shape index (κ3) is 4.26. The summed E-state index contributed by atoms with van der Waals surface area (Å²) in [5.74, 6) is 3.21. The highest BCUT2D eigenvalue weighted by Crippen LogP contribution is 2.28. The van der Waals surface area contributed by atoms with Gasteiger partial charge in [0.1, 0.15) is 11.6 Å². The highest BCUT2D eigenvalue weighted by molar-refractivity contribution is 7.98. The van der Waals surface area contributed by atoms with Crippen LogP contribution in [0.4, 0.5) is 0 Å². The summed E-state index contributed by atoms with van der Waals surface area (Å²) >= 11 is 1.55. The molecule has 1 aliphatic rings. The average molecular weight is 449 g/mol. The highest BCUT2D eigenvalue weighted by atomic mass is 32.2. The van der Waals surface area contributed by atoms with Crippen LogP contribution in [0.25, 0.3) is 11.0 Å². The Balaban J connectivity index is 1.51. The number of nitrogens with zero attached hydrogens (tertiary/aromatic N) is 5. The predicted octanol–water partition coefficient (Wildman–Crippen LogP) is 3.45. The van der Waals surface area contributed by atoms with Gasteiger partial charge in [-0.3, -0.25) is 5.10 Å². The second-order valence-corrected chi connectivity index (χ2v) is 11.0. The molecular formula is C20H28N6O2S2. The van der Waals surface area contributed by atoms with Crippen LogP contribution in [-0.2, 0) is 28.7 Å². The van der Waals surface area contributed by atoms with E-state index in [0.717, 1.165) is 41.2 Å². The van der Waals surface area contributed by atoms with Gasteiger partial charge in [-0.05, 0) is 31.0 Å². The van der Waals surface area contributed by atoms with Gasteiger partial charge >= 0.3 is 0 Å². The number of thioether (sulfide) groups is 1. The van der Waals surface area contributed by atoms with Crippen LogP contribution in [-0.4, -0.2) is 51.6 Å². The summed E-state index contributed by atoms with van der Waals surface area (Å²) in [6.07, 6.45) is 6.20. The zero-order valence-electron chi connectivity index (χ0n) is 17.6. The maximum atomic E-state index is 12.4. The molecule has 1 N–H and O–H groups in total. The number of benzene rings is 1. The van der Waals surface area contributed by atoms with Crippen molar-refractivity contribution in [1.82, 2.24) is 29.0 Å². The Morgan fingerprint density at radius 1 is 1.23 bits per heavy atom. The lowest BCUT2D eigenvalue weighted by atomic mass is 10.0. The van der Waals surface area contributed by atoms with Gasteiger partial charge in [-0.2, -0.15) is 0 Å². The molecule has 0 spiro atoms. The van der Waals surface area contributed by atoms with Crippen molar-refractivity contribution in [3.63, 3.8) is 0 Å². The number of sulfonamides is 1. The molecule has 3 aromatic rings. The average Bonchev–Trinajstić information content (AvgIpc) is 3.45. The lowest BCUT2D eigenvalue weighted by molar-refractivity contribution is 0.521. The zero-order valence-corrected chi connectivity index (χ0v) is 19.3. The Labute approximate surface area is 181 Å². The summed E-state index contributed by atoms with van der Waals surface area (Å²) in [6, 6.07) is 5.13. The van der Waals surface area contributed by atoms with Gasteiger partial charge in [0, 0.05) is 27.1 Å². The summed E-state index contributed by atoms with van der Waals surface area (Å²) in [4.78, 5) is 9.61. The molecule has 1 aromatic carbocycles. The van der Waals surface area contributed by atoms with Gasteiger partial charge in [-0.15, -0.1) is 5.10 Å². The third-order valence-corrected chi connectivity index (χ3v) is 8.35. The predicted molar refractivity (Wildman–Crippen MR) is 118 cm³/mol. The van der Waals surface area contributed by atoms with Gasteiger partial charge in [-0.1, -0.05) is 37.4 Å². The molecule has 1 fully saturated rings. The molecule has 0 bridgehead atoms. The van der Waals surface area contributed by atoms with Crippen molar-refractivity contribution in [3.8, 4) is 0 Å². The first-order valence-electron chi connectivity index (χ1n) is 10.3. The van der Waals surface area contributed by atoms with E-state index < -0.39 is 10.0 Å². The molecule has 2 aromatic heterocycles. The minimum atomic E-state index is -3.49. The number of aryl methyl sites for hydroxylation is 1. The van der Waals surface area contributed by atoms with E-state index in [9.17, 15) is 8.42 Å². The molecule has 2 heterocycles. The normalized spacial score (nSPS) is 15.6. The number of aromatic amines is 1. The highest BCUT2D eigenvalue weighted by Gasteiger charge is 2.20. The van der Waals surface area contributed by atoms with Gasteiger partial charge in [0.15, 0.2) is 0 Å². The number of rotatable bonds is 8. The van der Waals surface area contributed by atoms with E-state index in [4.69, 9.17) is 4.98 Å². The van der Waals surface area contributed by atoms with E-state index in [2.05, 4.69) is 26.7 Å². The number of hydrogen-bond acceptors (Lipinski definition) is 6. The quantitative estimate of drug-likeness (QED) is 0.530. The number of hydrogen-bond donors (Lipinski definition) is 1. The number of H-pyrrole nitrogens is 1. The first-order valence-corrected chi connectivity index (χ1v) is 12.8. The van der Waals surface area contributed by atoms with Crippen LogP contribution >= 0.6 is 11.8 Å². The number of fused-ring (bicyclic) bond motifs is 1. The monoisotopic (exact) mass is 448 g/mol. The fourth-order valence-corrected chi connectivity index (χ4v) is 5.73. The van der Waals surface area contributed by atoms with Crippen molar-refractivity contribution >= 4 is 32.8 Å². The van der Waals surface area contributed by atoms with Crippen LogP contribution in [0.3, 0.4) is 0 Å². The van der Waals surface area contributed by atoms with Gasteiger partial charge in [0.25, 0.3) is 0 Å². The molecule has 10 heteroatoms. The van der Waals surface area contributed by atoms with Crippen molar-refractivity contribution in [3.05, 3.63) is 29.8 Å². The molecule has 0 amide bonds. The molecule has 4 rings (SSSR count). The summed E-state index contributed by atoms with van der Waals surface area (Å²) in [5, 5.41) is 8.16. The number of nitrogens with one attached hydrogen (secondary N) is 1. The lowest BCUT2D eigenvalue weighted by Crippen LogP contribution is -2.22. The third-order valence-electron chi connectivity index (χ3n) is 5.69. The first kappa shape index (κ1) is 21.3. The summed E-state index contributed by atoms with van der Waals surface area (Å²) in [5.41, 5.74) is 1.62. The SMILES string of the molecule is CCn1c(CSc2n[nH]c(CC3CCCC3)n2)nc2cc(S(=O)(=O)N(C)C)ccc21. The molecule has 1 aliphatic carbocycles. The topological polar surface area (TPSA) is 96.8 Å². The molecule has 8 nitrogen and oxygen atoms in total. The lowest BCUT2D eigenvalue weighted by Gasteiger charge is -2.11. The Morgan fingerprint density at radius 3 is 2.70 bits per heavy atom. The van der Waals surface area contributed by atoms with E-state index >= 15 is 0 Å². The fraction of sp³-hybridized carbons (Fsp3) is 0.550. The summed E-state index contributed by atoms with van der Waals surface area (Å²) < 4.78 is 28.2. The number of aromatic nitrogens is 5. The Hall–Kier alpha value is -1.91. The Morgan fingerprint density at radius 2 is 2.00 bits per heavy atom. The standard InChI is InChI=1S/C20H28N6O2S2/c1-4-26-17-10-9-15(30(27,28)25(2)3)12-16(17)21-19(26)13-29-20-22-18(23-24-20)11-14-7-5-6-8-14/h9-10,12,14H,4-8,11,13H2,1-3H3,(H,22,23,24). The molecule has 0 radical (unpaired) electrons. The fourth-order valence-electron chi connectivity index (χ4n) is 4.04. The van der Waals surface area contributed by atoms with Crippen molar-refractivity contribution in [2.75, 3.05) is 14.1 Å². The Bertz CT molecular complexity index is 1130. The van der Waals surface area contributed by atoms with Crippen molar-refractivity contribution in [2.45, 2.75) is 61.4 Å². The van der Waals surface area contributed by atoms with Gasteiger partial charge in [-0.25, -0.2) is 22.7 Å². The molecular weight excluding hydrogens is 420 g/mol. The minimum Gasteiger partial charge on any atom is -0.328 e. The molecule has 0 saturated heterocycles. The van der Waals surface area contributed by atoms with Crippen LogP contribution in [0.1, 0.15) is 44.3 Å². The van der Waals surface area contributed by atoms with Gasteiger partial charge in [0.05, 0.1) is 21.7 Å². The molecule has 0 aliphatic heterocycles. The number of imidazole rings is 1. The molecule has 162 valence electrons. The maximum Gasteiger partial charge on any atom is 0.242 e. The molecule has 0 atom stereocenters. The van der Waals surface area contributed by atoms with E-state index in [1.165, 1.54) is 44.1 Å². The van der Waals surface area contributed by atoms with Crippen LogP contribution in [0.5, 0.6) is 0 Å². The van der Waals surface area contributed by atoms with E-state index in [-0.39, 0.29) is 4.90 Å². The second kappa shape index (κ2) is 8.68. The first-order chi connectivity index (χ1) is 14.4. The van der Waals surface area contributed by atoms with Crippen LogP contribution in [0.15, 0.2) is 28.3 Å². The van der Waals surface area contributed by atoms with Crippen molar-refractivity contribution in [2.24, 2.45) is 5.92 Å². The molecule has 0 unspecified atom stereocenters. The van der Waals surface area contributed by atoms with Crippen LogP contribution < -0.4 is 0 Å². The molecule has 30 heavy (non-hydrogen) atoms. The van der Waals surface area contributed by atoms with Crippen molar-refractivity contribution in [1.29, 1.82) is 0 Å². The molecule has 1 saturated carbocycles. The maximum absolute atomic E-state index is 12.4.